The lowest BCUT2D eigenvalue weighted by atomic mass is 10.1. The van der Waals surface area contributed by atoms with Gasteiger partial charge in [-0.3, -0.25) is 0 Å². The molecule has 0 aliphatic heterocycles. The van der Waals surface area contributed by atoms with Crippen molar-refractivity contribution in [3.05, 3.63) is 69.5 Å². The van der Waals surface area contributed by atoms with Gasteiger partial charge in [0.15, 0.2) is 0 Å². The zero-order valence-corrected chi connectivity index (χ0v) is 11.8. The smallest absolute Gasteiger partial charge is 0.123 e. The summed E-state index contributed by atoms with van der Waals surface area (Å²) in [5, 5.41) is 4.58. The minimum Gasteiger partial charge on any atom is -0.312 e. The molecule has 0 aromatic heterocycles. The zero-order valence-electron chi connectivity index (χ0n) is 10.3. The molecule has 0 amide bonds. The fourth-order valence-electron chi connectivity index (χ4n) is 1.83. The van der Waals surface area contributed by atoms with E-state index in [0.29, 0.717) is 16.6 Å². The third-order valence-corrected chi connectivity index (χ3v) is 3.39. The van der Waals surface area contributed by atoms with E-state index in [1.54, 1.807) is 12.1 Å². The van der Waals surface area contributed by atoms with Crippen LogP contribution >= 0.6 is 23.2 Å². The SMILES string of the molecule is Fc1cccc(CNCCc2ccc(Cl)cc2Cl)c1. The quantitative estimate of drug-likeness (QED) is 0.803. The first-order valence-corrected chi connectivity index (χ1v) is 6.80. The molecule has 4 heteroatoms. The summed E-state index contributed by atoms with van der Waals surface area (Å²) in [5.74, 6) is -0.208. The van der Waals surface area contributed by atoms with Gasteiger partial charge in [0.05, 0.1) is 0 Å². The highest BCUT2D eigenvalue weighted by Gasteiger charge is 2.01. The largest absolute Gasteiger partial charge is 0.312 e. The Morgan fingerprint density at radius 2 is 1.89 bits per heavy atom. The monoisotopic (exact) mass is 297 g/mol. The number of hydrogen-bond donors (Lipinski definition) is 1. The van der Waals surface area contributed by atoms with Crippen molar-refractivity contribution < 1.29 is 4.39 Å². The van der Waals surface area contributed by atoms with E-state index < -0.39 is 0 Å². The maximum absolute atomic E-state index is 13.0. The topological polar surface area (TPSA) is 12.0 Å². The van der Waals surface area contributed by atoms with E-state index in [1.807, 2.05) is 18.2 Å². The standard InChI is InChI=1S/C15H14Cl2FN/c16-13-5-4-12(15(17)9-13)6-7-19-10-11-2-1-3-14(18)8-11/h1-5,8-9,19H,6-7,10H2. The maximum Gasteiger partial charge on any atom is 0.123 e. The molecule has 0 saturated carbocycles. The average Bonchev–Trinajstić information content (AvgIpc) is 2.37. The molecule has 0 atom stereocenters. The van der Waals surface area contributed by atoms with E-state index in [0.717, 1.165) is 24.1 Å². The van der Waals surface area contributed by atoms with E-state index >= 15 is 0 Å². The lowest BCUT2D eigenvalue weighted by Crippen LogP contribution is -2.16. The average molecular weight is 298 g/mol. The van der Waals surface area contributed by atoms with Crippen molar-refractivity contribution in [2.45, 2.75) is 13.0 Å². The molecule has 0 fully saturated rings. The Kier molecular flexibility index (Phi) is 5.20. The molecule has 0 aliphatic carbocycles. The Hall–Kier alpha value is -1.09. The summed E-state index contributed by atoms with van der Waals surface area (Å²) >= 11 is 11.9. The Bertz CT molecular complexity index is 558. The van der Waals surface area contributed by atoms with E-state index in [1.165, 1.54) is 12.1 Å². The molecule has 0 bridgehead atoms. The molecule has 0 heterocycles. The number of halogens is 3. The molecule has 0 unspecified atom stereocenters. The first-order valence-electron chi connectivity index (χ1n) is 6.04. The number of benzene rings is 2. The Morgan fingerprint density at radius 1 is 1.05 bits per heavy atom. The molecule has 0 spiro atoms. The van der Waals surface area contributed by atoms with E-state index in [2.05, 4.69) is 5.32 Å². The van der Waals surface area contributed by atoms with Crippen LogP contribution < -0.4 is 5.32 Å². The summed E-state index contributed by atoms with van der Waals surface area (Å²) in [6, 6.07) is 12.1. The number of rotatable bonds is 5. The van der Waals surface area contributed by atoms with Crippen LogP contribution in [0.1, 0.15) is 11.1 Å². The van der Waals surface area contributed by atoms with Crippen molar-refractivity contribution in [3.8, 4) is 0 Å². The second-order valence-electron chi connectivity index (χ2n) is 4.29. The van der Waals surface area contributed by atoms with Crippen LogP contribution in [0.15, 0.2) is 42.5 Å². The number of nitrogens with one attached hydrogen (secondary N) is 1. The fraction of sp³-hybridized carbons (Fsp3) is 0.200. The summed E-state index contributed by atoms with van der Waals surface area (Å²) in [5.41, 5.74) is 1.99. The molecule has 0 saturated heterocycles. The normalized spacial score (nSPS) is 10.7. The molecule has 19 heavy (non-hydrogen) atoms. The van der Waals surface area contributed by atoms with Gasteiger partial charge in [0.25, 0.3) is 0 Å². The third kappa shape index (κ3) is 4.50. The van der Waals surface area contributed by atoms with Gasteiger partial charge in [-0.25, -0.2) is 4.39 Å². The molecule has 2 aromatic carbocycles. The van der Waals surface area contributed by atoms with Crippen molar-refractivity contribution in [1.29, 1.82) is 0 Å². The summed E-state index contributed by atoms with van der Waals surface area (Å²) < 4.78 is 13.0. The molecular weight excluding hydrogens is 284 g/mol. The summed E-state index contributed by atoms with van der Waals surface area (Å²) in [6.07, 6.45) is 0.811. The molecule has 2 rings (SSSR count). The van der Waals surface area contributed by atoms with E-state index in [4.69, 9.17) is 23.2 Å². The van der Waals surface area contributed by atoms with Crippen molar-refractivity contribution in [2.75, 3.05) is 6.54 Å². The van der Waals surface area contributed by atoms with Gasteiger partial charge in [-0.05, 0) is 48.4 Å². The molecule has 1 N–H and O–H groups in total. The van der Waals surface area contributed by atoms with Gasteiger partial charge in [-0.1, -0.05) is 41.4 Å². The Morgan fingerprint density at radius 3 is 2.63 bits per heavy atom. The zero-order chi connectivity index (χ0) is 13.7. The second-order valence-corrected chi connectivity index (χ2v) is 5.14. The maximum atomic E-state index is 13.0. The predicted molar refractivity (Wildman–Crippen MR) is 78.3 cm³/mol. The first-order chi connectivity index (χ1) is 9.15. The minimum atomic E-state index is -0.208. The summed E-state index contributed by atoms with van der Waals surface area (Å²) in [4.78, 5) is 0. The molecule has 100 valence electrons. The van der Waals surface area contributed by atoms with Crippen molar-refractivity contribution in [2.24, 2.45) is 0 Å². The van der Waals surface area contributed by atoms with Gasteiger partial charge >= 0.3 is 0 Å². The van der Waals surface area contributed by atoms with Crippen LogP contribution in [-0.2, 0) is 13.0 Å². The van der Waals surface area contributed by atoms with Crippen LogP contribution in [0.25, 0.3) is 0 Å². The van der Waals surface area contributed by atoms with Crippen LogP contribution in [0.4, 0.5) is 4.39 Å². The lowest BCUT2D eigenvalue weighted by Gasteiger charge is -2.07. The van der Waals surface area contributed by atoms with Crippen LogP contribution in [0.2, 0.25) is 10.0 Å². The lowest BCUT2D eigenvalue weighted by molar-refractivity contribution is 0.620. The number of hydrogen-bond acceptors (Lipinski definition) is 1. The highest BCUT2D eigenvalue weighted by molar-refractivity contribution is 6.35. The van der Waals surface area contributed by atoms with Crippen molar-refractivity contribution >= 4 is 23.2 Å². The van der Waals surface area contributed by atoms with Gasteiger partial charge in [0, 0.05) is 16.6 Å². The highest BCUT2D eigenvalue weighted by Crippen LogP contribution is 2.21. The van der Waals surface area contributed by atoms with Crippen molar-refractivity contribution in [1.82, 2.24) is 5.32 Å². The molecule has 0 radical (unpaired) electrons. The third-order valence-electron chi connectivity index (χ3n) is 2.80. The van der Waals surface area contributed by atoms with Gasteiger partial charge in [0.1, 0.15) is 5.82 Å². The predicted octanol–water partition coefficient (Wildman–Crippen LogP) is 4.46. The molecule has 1 nitrogen and oxygen atoms in total. The Balaban J connectivity index is 1.81. The van der Waals surface area contributed by atoms with Crippen molar-refractivity contribution in [3.63, 3.8) is 0 Å². The minimum absolute atomic E-state index is 0.208. The van der Waals surface area contributed by atoms with Gasteiger partial charge in [0.2, 0.25) is 0 Å². The summed E-state index contributed by atoms with van der Waals surface area (Å²) in [7, 11) is 0. The van der Waals surface area contributed by atoms with E-state index in [-0.39, 0.29) is 5.82 Å². The van der Waals surface area contributed by atoms with Crippen LogP contribution in [-0.4, -0.2) is 6.54 Å². The highest BCUT2D eigenvalue weighted by atomic mass is 35.5. The molecular formula is C15H14Cl2FN. The second kappa shape index (κ2) is 6.90. The van der Waals surface area contributed by atoms with Crippen LogP contribution in [0.3, 0.4) is 0 Å². The van der Waals surface area contributed by atoms with Crippen LogP contribution in [0.5, 0.6) is 0 Å². The summed E-state index contributed by atoms with van der Waals surface area (Å²) in [6.45, 7) is 1.42. The molecule has 2 aromatic rings. The molecule has 0 aliphatic rings. The fourth-order valence-corrected chi connectivity index (χ4v) is 2.33. The van der Waals surface area contributed by atoms with E-state index in [9.17, 15) is 4.39 Å². The van der Waals surface area contributed by atoms with Gasteiger partial charge in [-0.2, -0.15) is 0 Å². The van der Waals surface area contributed by atoms with Gasteiger partial charge in [-0.15, -0.1) is 0 Å². The Labute approximate surface area is 122 Å². The van der Waals surface area contributed by atoms with Crippen LogP contribution in [0, 0.1) is 5.82 Å². The van der Waals surface area contributed by atoms with Gasteiger partial charge < -0.3 is 5.32 Å². The first kappa shape index (κ1) is 14.3.